The van der Waals surface area contributed by atoms with E-state index in [-0.39, 0.29) is 22.8 Å². The van der Waals surface area contributed by atoms with Crippen LogP contribution in [0.15, 0.2) is 36.2 Å². The maximum Gasteiger partial charge on any atom is 0.247 e. The van der Waals surface area contributed by atoms with Crippen molar-refractivity contribution in [3.63, 3.8) is 0 Å². The Morgan fingerprint density at radius 1 is 1.27 bits per heavy atom. The molecule has 0 saturated carbocycles. The predicted octanol–water partition coefficient (Wildman–Crippen LogP) is 4.00. The zero-order valence-electron chi connectivity index (χ0n) is 14.7. The summed E-state index contributed by atoms with van der Waals surface area (Å²) in [5.74, 6) is 0.107. The highest BCUT2D eigenvalue weighted by molar-refractivity contribution is 5.86. The van der Waals surface area contributed by atoms with E-state index in [4.69, 9.17) is 0 Å². The first kappa shape index (κ1) is 16.9. The SMILES string of the molecule is C=CC1=C(/C=C\C)N2CCC(C)(C)CC(C)(C)CC2C(=O)N1. The van der Waals surface area contributed by atoms with E-state index in [9.17, 15) is 4.79 Å². The predicted molar refractivity (Wildman–Crippen MR) is 92.1 cm³/mol. The van der Waals surface area contributed by atoms with Gasteiger partial charge in [-0.25, -0.2) is 0 Å². The molecule has 1 N–H and O–H groups in total. The van der Waals surface area contributed by atoms with Gasteiger partial charge < -0.3 is 10.2 Å². The van der Waals surface area contributed by atoms with Gasteiger partial charge in [-0.1, -0.05) is 40.3 Å². The van der Waals surface area contributed by atoms with Crippen molar-refractivity contribution >= 4 is 5.91 Å². The molecule has 3 heteroatoms. The molecule has 1 saturated heterocycles. The van der Waals surface area contributed by atoms with Crippen LogP contribution in [0.1, 0.15) is 53.9 Å². The highest BCUT2D eigenvalue weighted by Crippen LogP contribution is 2.43. The van der Waals surface area contributed by atoms with Gasteiger partial charge in [0.25, 0.3) is 0 Å². The van der Waals surface area contributed by atoms with Crippen molar-refractivity contribution in [2.45, 2.75) is 59.9 Å². The number of fused-ring (bicyclic) bond motifs is 1. The Hall–Kier alpha value is -1.51. The van der Waals surface area contributed by atoms with Crippen LogP contribution in [0.25, 0.3) is 0 Å². The summed E-state index contributed by atoms with van der Waals surface area (Å²) >= 11 is 0. The Kier molecular flexibility index (Phi) is 4.55. The second kappa shape index (κ2) is 5.94. The molecule has 22 heavy (non-hydrogen) atoms. The molecule has 1 unspecified atom stereocenters. The van der Waals surface area contributed by atoms with Gasteiger partial charge in [0.15, 0.2) is 0 Å². The summed E-state index contributed by atoms with van der Waals surface area (Å²) in [6.45, 7) is 16.0. The van der Waals surface area contributed by atoms with E-state index in [1.54, 1.807) is 6.08 Å². The van der Waals surface area contributed by atoms with Crippen molar-refractivity contribution in [3.8, 4) is 0 Å². The molecule has 0 radical (unpaired) electrons. The van der Waals surface area contributed by atoms with E-state index >= 15 is 0 Å². The number of amides is 1. The summed E-state index contributed by atoms with van der Waals surface area (Å²) in [5, 5.41) is 3.04. The van der Waals surface area contributed by atoms with Crippen LogP contribution in [-0.4, -0.2) is 23.4 Å². The fraction of sp³-hybridized carbons (Fsp3) is 0.632. The summed E-state index contributed by atoms with van der Waals surface area (Å²) in [6.07, 6.45) is 8.99. The molecule has 2 aliphatic heterocycles. The van der Waals surface area contributed by atoms with Gasteiger partial charge in [-0.2, -0.15) is 0 Å². The first-order valence-corrected chi connectivity index (χ1v) is 8.26. The minimum absolute atomic E-state index is 0.0824. The minimum atomic E-state index is -0.0824. The lowest BCUT2D eigenvalue weighted by Crippen LogP contribution is -2.54. The molecular weight excluding hydrogens is 272 g/mol. The standard InChI is InChI=1S/C19H30N2O/c1-7-9-15-14(8-2)20-17(22)16-12-19(5,6)13-18(3,4)10-11-21(15)16/h7-9,16H,2,10-13H2,1,3-6H3,(H,20,22)/b9-7-. The molecule has 122 valence electrons. The lowest BCUT2D eigenvalue weighted by molar-refractivity contribution is -0.128. The normalized spacial score (nSPS) is 28.0. The molecule has 3 nitrogen and oxygen atoms in total. The van der Waals surface area contributed by atoms with Crippen LogP contribution in [0.2, 0.25) is 0 Å². The van der Waals surface area contributed by atoms with E-state index in [0.717, 1.165) is 37.2 Å². The van der Waals surface area contributed by atoms with Crippen LogP contribution < -0.4 is 5.32 Å². The fourth-order valence-electron chi connectivity index (χ4n) is 4.12. The van der Waals surface area contributed by atoms with Gasteiger partial charge in [0.1, 0.15) is 6.04 Å². The number of nitrogens with zero attached hydrogens (tertiary/aromatic N) is 1. The van der Waals surface area contributed by atoms with Gasteiger partial charge in [-0.15, -0.1) is 0 Å². The number of hydrogen-bond donors (Lipinski definition) is 1. The number of allylic oxidation sites excluding steroid dienone is 3. The Morgan fingerprint density at radius 2 is 1.95 bits per heavy atom. The van der Waals surface area contributed by atoms with Crippen LogP contribution in [0.3, 0.4) is 0 Å². The maximum absolute atomic E-state index is 12.6. The zero-order chi connectivity index (χ0) is 16.5. The van der Waals surface area contributed by atoms with Crippen molar-refractivity contribution in [3.05, 3.63) is 36.2 Å². The number of nitrogens with one attached hydrogen (secondary N) is 1. The van der Waals surface area contributed by atoms with Crippen LogP contribution in [0.5, 0.6) is 0 Å². The van der Waals surface area contributed by atoms with Crippen LogP contribution >= 0.6 is 0 Å². The molecule has 2 heterocycles. The van der Waals surface area contributed by atoms with Gasteiger partial charge in [-0.3, -0.25) is 4.79 Å². The maximum atomic E-state index is 12.6. The molecule has 0 aromatic heterocycles. The Balaban J connectivity index is 2.46. The lowest BCUT2D eigenvalue weighted by atomic mass is 9.69. The Labute approximate surface area is 135 Å². The highest BCUT2D eigenvalue weighted by atomic mass is 16.2. The molecule has 1 fully saturated rings. The van der Waals surface area contributed by atoms with Crippen molar-refractivity contribution in [1.29, 1.82) is 0 Å². The van der Waals surface area contributed by atoms with Crippen molar-refractivity contribution in [2.75, 3.05) is 6.54 Å². The summed E-state index contributed by atoms with van der Waals surface area (Å²) in [7, 11) is 0. The van der Waals surface area contributed by atoms with Crippen molar-refractivity contribution in [1.82, 2.24) is 10.2 Å². The molecule has 0 aromatic rings. The van der Waals surface area contributed by atoms with Gasteiger partial charge in [0.2, 0.25) is 5.91 Å². The Bertz CT molecular complexity index is 526. The van der Waals surface area contributed by atoms with Gasteiger partial charge in [0.05, 0.1) is 11.4 Å². The van der Waals surface area contributed by atoms with E-state index in [1.807, 2.05) is 13.0 Å². The van der Waals surface area contributed by atoms with E-state index < -0.39 is 0 Å². The second-order valence-electron chi connectivity index (χ2n) is 8.16. The summed E-state index contributed by atoms with van der Waals surface area (Å²) < 4.78 is 0. The topological polar surface area (TPSA) is 32.3 Å². The molecule has 0 aliphatic carbocycles. The smallest absolute Gasteiger partial charge is 0.247 e. The van der Waals surface area contributed by atoms with E-state index in [0.29, 0.717) is 0 Å². The number of carbonyl (C=O) groups excluding carboxylic acids is 1. The highest BCUT2D eigenvalue weighted by Gasteiger charge is 2.41. The van der Waals surface area contributed by atoms with Gasteiger partial charge in [0, 0.05) is 6.54 Å². The zero-order valence-corrected chi connectivity index (χ0v) is 14.7. The molecule has 0 aromatic carbocycles. The second-order valence-corrected chi connectivity index (χ2v) is 8.16. The number of hydrogen-bond acceptors (Lipinski definition) is 2. The molecule has 1 atom stereocenters. The quantitative estimate of drug-likeness (QED) is 0.836. The molecule has 0 spiro atoms. The molecule has 2 aliphatic rings. The Morgan fingerprint density at radius 3 is 2.55 bits per heavy atom. The molecule has 1 amide bonds. The molecule has 0 bridgehead atoms. The number of rotatable bonds is 2. The van der Waals surface area contributed by atoms with E-state index in [2.05, 4.69) is 50.6 Å². The average molecular weight is 302 g/mol. The van der Waals surface area contributed by atoms with E-state index in [1.165, 1.54) is 0 Å². The third kappa shape index (κ3) is 3.45. The largest absolute Gasteiger partial charge is 0.358 e. The number of carbonyl (C=O) groups is 1. The lowest BCUT2D eigenvalue weighted by Gasteiger charge is -2.47. The van der Waals surface area contributed by atoms with Gasteiger partial charge >= 0.3 is 0 Å². The van der Waals surface area contributed by atoms with Crippen LogP contribution in [0, 0.1) is 10.8 Å². The monoisotopic (exact) mass is 302 g/mol. The summed E-state index contributed by atoms with van der Waals surface area (Å²) in [4.78, 5) is 14.9. The fourth-order valence-corrected chi connectivity index (χ4v) is 4.12. The van der Waals surface area contributed by atoms with Gasteiger partial charge in [-0.05, 0) is 49.2 Å². The summed E-state index contributed by atoms with van der Waals surface area (Å²) in [6, 6.07) is -0.0824. The third-order valence-corrected chi connectivity index (χ3v) is 4.78. The first-order chi connectivity index (χ1) is 10.2. The van der Waals surface area contributed by atoms with Crippen LogP contribution in [-0.2, 0) is 4.79 Å². The van der Waals surface area contributed by atoms with Crippen molar-refractivity contribution < 1.29 is 4.79 Å². The summed E-state index contributed by atoms with van der Waals surface area (Å²) in [5.41, 5.74) is 2.36. The van der Waals surface area contributed by atoms with Crippen LogP contribution in [0.4, 0.5) is 0 Å². The third-order valence-electron chi connectivity index (χ3n) is 4.78. The molecular formula is C19H30N2O. The first-order valence-electron chi connectivity index (χ1n) is 8.26. The average Bonchev–Trinajstić information content (AvgIpc) is 2.38. The molecule has 2 rings (SSSR count). The minimum Gasteiger partial charge on any atom is -0.358 e. The van der Waals surface area contributed by atoms with Crippen molar-refractivity contribution in [2.24, 2.45) is 10.8 Å².